The zero-order valence-corrected chi connectivity index (χ0v) is 17.9. The summed E-state index contributed by atoms with van der Waals surface area (Å²) in [6.45, 7) is 3.80. The number of anilines is 1. The first-order valence-electron chi connectivity index (χ1n) is 9.82. The number of benzene rings is 1. The van der Waals surface area contributed by atoms with Crippen molar-refractivity contribution in [2.75, 3.05) is 19.5 Å². The molecule has 3 aromatic rings. The van der Waals surface area contributed by atoms with Gasteiger partial charge in [-0.2, -0.15) is 9.78 Å². The summed E-state index contributed by atoms with van der Waals surface area (Å²) < 4.78 is 11.9. The number of carbonyl (C=O) groups excluding carboxylic acids is 1. The lowest BCUT2D eigenvalue weighted by Crippen LogP contribution is -2.18. The maximum absolute atomic E-state index is 12.5. The minimum atomic E-state index is -0.358. The zero-order chi connectivity index (χ0) is 22.4. The topological polar surface area (TPSA) is 111 Å². The Kier molecular flexibility index (Phi) is 6.86. The van der Waals surface area contributed by atoms with Gasteiger partial charge in [-0.25, -0.2) is 4.98 Å². The van der Waals surface area contributed by atoms with Crippen molar-refractivity contribution in [1.82, 2.24) is 19.7 Å². The Bertz CT molecular complexity index is 1160. The standard InChI is InChI=1S/C22H25N5O4/c1-5-6-16-13-21(29)25-22(23-16)27-19(11-14(2)26-27)24-20(28)10-8-15-7-9-17(30-3)18(12-15)31-4/h7-13H,5-6H2,1-4H3,(H,24,28)(H,23,25,29)/b10-8+. The van der Waals surface area contributed by atoms with Crippen molar-refractivity contribution in [3.63, 3.8) is 0 Å². The van der Waals surface area contributed by atoms with Gasteiger partial charge in [0.05, 0.1) is 19.9 Å². The van der Waals surface area contributed by atoms with Crippen LogP contribution in [-0.2, 0) is 11.2 Å². The maximum Gasteiger partial charge on any atom is 0.252 e. The van der Waals surface area contributed by atoms with Crippen molar-refractivity contribution < 1.29 is 14.3 Å². The number of nitrogens with zero attached hydrogens (tertiary/aromatic N) is 3. The third-order valence-electron chi connectivity index (χ3n) is 4.41. The molecule has 9 nitrogen and oxygen atoms in total. The smallest absolute Gasteiger partial charge is 0.252 e. The molecule has 3 rings (SSSR count). The third kappa shape index (κ3) is 5.39. The van der Waals surface area contributed by atoms with Crippen molar-refractivity contribution in [2.24, 2.45) is 0 Å². The van der Waals surface area contributed by atoms with Gasteiger partial charge >= 0.3 is 0 Å². The summed E-state index contributed by atoms with van der Waals surface area (Å²) in [6, 6.07) is 8.51. The Labute approximate surface area is 179 Å². The highest BCUT2D eigenvalue weighted by molar-refractivity contribution is 6.01. The van der Waals surface area contributed by atoms with Crippen LogP contribution in [0, 0.1) is 6.92 Å². The second kappa shape index (κ2) is 9.75. The maximum atomic E-state index is 12.5. The van der Waals surface area contributed by atoms with Crippen LogP contribution < -0.4 is 20.3 Å². The van der Waals surface area contributed by atoms with E-state index >= 15 is 0 Å². The van der Waals surface area contributed by atoms with Crippen LogP contribution in [0.1, 0.15) is 30.3 Å². The van der Waals surface area contributed by atoms with Crippen molar-refractivity contribution in [3.8, 4) is 17.4 Å². The Morgan fingerprint density at radius 1 is 1.19 bits per heavy atom. The number of aryl methyl sites for hydroxylation is 2. The number of ether oxygens (including phenoxy) is 2. The molecule has 0 atom stereocenters. The van der Waals surface area contributed by atoms with Crippen LogP contribution in [0.25, 0.3) is 12.0 Å². The summed E-state index contributed by atoms with van der Waals surface area (Å²) in [6.07, 6.45) is 4.59. The Morgan fingerprint density at radius 2 is 1.97 bits per heavy atom. The predicted octanol–water partition coefficient (Wildman–Crippen LogP) is 2.89. The highest BCUT2D eigenvalue weighted by Gasteiger charge is 2.13. The van der Waals surface area contributed by atoms with Gasteiger partial charge in [0.15, 0.2) is 11.5 Å². The fourth-order valence-corrected chi connectivity index (χ4v) is 3.02. The lowest BCUT2D eigenvalue weighted by Gasteiger charge is -2.08. The summed E-state index contributed by atoms with van der Waals surface area (Å²) in [7, 11) is 3.11. The van der Waals surface area contributed by atoms with E-state index in [4.69, 9.17) is 9.47 Å². The van der Waals surface area contributed by atoms with Gasteiger partial charge in [0.1, 0.15) is 5.82 Å². The van der Waals surface area contributed by atoms with Gasteiger partial charge in [0.25, 0.3) is 5.56 Å². The van der Waals surface area contributed by atoms with Gasteiger partial charge < -0.3 is 14.8 Å². The molecule has 0 spiro atoms. The molecule has 0 radical (unpaired) electrons. The molecular weight excluding hydrogens is 398 g/mol. The molecule has 0 fully saturated rings. The Hall–Kier alpha value is -3.88. The zero-order valence-electron chi connectivity index (χ0n) is 17.9. The molecule has 0 saturated heterocycles. The van der Waals surface area contributed by atoms with Gasteiger partial charge in [0, 0.05) is 23.9 Å². The number of H-pyrrole nitrogens is 1. The molecule has 0 saturated carbocycles. The summed E-state index contributed by atoms with van der Waals surface area (Å²) >= 11 is 0. The number of methoxy groups -OCH3 is 2. The normalized spacial score (nSPS) is 11.0. The van der Waals surface area contributed by atoms with E-state index in [2.05, 4.69) is 20.4 Å². The monoisotopic (exact) mass is 423 g/mol. The third-order valence-corrected chi connectivity index (χ3v) is 4.41. The SMILES string of the molecule is CCCc1cc(=O)[nH]c(-n2nc(C)cc2NC(=O)/C=C/c2ccc(OC)c(OC)c2)n1. The van der Waals surface area contributed by atoms with E-state index in [1.807, 2.05) is 13.0 Å². The van der Waals surface area contributed by atoms with Gasteiger partial charge in [-0.3, -0.25) is 14.6 Å². The van der Waals surface area contributed by atoms with Crippen molar-refractivity contribution >= 4 is 17.8 Å². The fourth-order valence-electron chi connectivity index (χ4n) is 3.02. The number of hydrogen-bond acceptors (Lipinski definition) is 6. The Morgan fingerprint density at radius 3 is 2.68 bits per heavy atom. The molecule has 0 bridgehead atoms. The summed E-state index contributed by atoms with van der Waals surface area (Å²) in [5.74, 6) is 1.47. The molecule has 162 valence electrons. The molecular formula is C22H25N5O4. The minimum Gasteiger partial charge on any atom is -0.493 e. The van der Waals surface area contributed by atoms with Gasteiger partial charge in [0.2, 0.25) is 11.9 Å². The molecule has 0 aliphatic rings. The highest BCUT2D eigenvalue weighted by atomic mass is 16.5. The number of carbonyl (C=O) groups is 1. The number of nitrogens with one attached hydrogen (secondary N) is 2. The number of aromatic nitrogens is 4. The summed E-state index contributed by atoms with van der Waals surface area (Å²) in [5.41, 5.74) is 1.84. The molecule has 9 heteroatoms. The quantitative estimate of drug-likeness (QED) is 0.539. The molecule has 1 aromatic carbocycles. The van der Waals surface area contributed by atoms with Crippen molar-refractivity contribution in [2.45, 2.75) is 26.7 Å². The average Bonchev–Trinajstić information content (AvgIpc) is 3.11. The van der Waals surface area contributed by atoms with Crippen LogP contribution in [0.15, 0.2) is 41.2 Å². The molecule has 0 aliphatic carbocycles. The van der Waals surface area contributed by atoms with Crippen molar-refractivity contribution in [3.05, 3.63) is 63.7 Å². The van der Waals surface area contributed by atoms with E-state index in [0.29, 0.717) is 35.1 Å². The molecule has 1 amide bonds. The number of aromatic amines is 1. The van der Waals surface area contributed by atoms with Crippen LogP contribution in [0.2, 0.25) is 0 Å². The van der Waals surface area contributed by atoms with Crippen molar-refractivity contribution in [1.29, 1.82) is 0 Å². The van der Waals surface area contributed by atoms with Gasteiger partial charge in [-0.05, 0) is 37.1 Å². The van der Waals surface area contributed by atoms with E-state index in [9.17, 15) is 9.59 Å². The largest absolute Gasteiger partial charge is 0.493 e. The first kappa shape index (κ1) is 21.8. The molecule has 31 heavy (non-hydrogen) atoms. The van der Waals surface area contributed by atoms with E-state index in [1.165, 1.54) is 16.8 Å². The van der Waals surface area contributed by atoms with Crippen LogP contribution in [0.3, 0.4) is 0 Å². The van der Waals surface area contributed by atoms with Gasteiger partial charge in [-0.1, -0.05) is 19.4 Å². The van der Waals surface area contributed by atoms with E-state index in [1.54, 1.807) is 45.4 Å². The highest BCUT2D eigenvalue weighted by Crippen LogP contribution is 2.28. The first-order chi connectivity index (χ1) is 14.9. The van der Waals surface area contributed by atoms with E-state index in [-0.39, 0.29) is 17.4 Å². The summed E-state index contributed by atoms with van der Waals surface area (Å²) in [4.78, 5) is 31.6. The second-order valence-electron chi connectivity index (χ2n) is 6.83. The van der Waals surface area contributed by atoms with Crippen LogP contribution in [-0.4, -0.2) is 39.9 Å². The van der Waals surface area contributed by atoms with Crippen LogP contribution in [0.5, 0.6) is 11.5 Å². The lowest BCUT2D eigenvalue weighted by molar-refractivity contribution is -0.111. The number of hydrogen-bond donors (Lipinski definition) is 2. The van der Waals surface area contributed by atoms with E-state index < -0.39 is 0 Å². The molecule has 0 unspecified atom stereocenters. The molecule has 2 N–H and O–H groups in total. The van der Waals surface area contributed by atoms with Gasteiger partial charge in [-0.15, -0.1) is 0 Å². The summed E-state index contributed by atoms with van der Waals surface area (Å²) in [5, 5.41) is 7.13. The molecule has 2 heterocycles. The lowest BCUT2D eigenvalue weighted by atomic mass is 10.2. The predicted molar refractivity (Wildman–Crippen MR) is 118 cm³/mol. The number of amides is 1. The molecule has 2 aromatic heterocycles. The second-order valence-corrected chi connectivity index (χ2v) is 6.83. The molecule has 0 aliphatic heterocycles. The number of rotatable bonds is 8. The average molecular weight is 423 g/mol. The fraction of sp³-hybridized carbons (Fsp3) is 0.273. The first-order valence-corrected chi connectivity index (χ1v) is 9.82. The van der Waals surface area contributed by atoms with Crippen LogP contribution >= 0.6 is 0 Å². The van der Waals surface area contributed by atoms with Crippen LogP contribution in [0.4, 0.5) is 5.82 Å². The minimum absolute atomic E-state index is 0.253. The Balaban J connectivity index is 1.82. The van der Waals surface area contributed by atoms with E-state index in [0.717, 1.165) is 12.0 Å².